The highest BCUT2D eigenvalue weighted by atomic mass is 16.7. The first-order chi connectivity index (χ1) is 19.9. The van der Waals surface area contributed by atoms with Crippen molar-refractivity contribution in [2.24, 2.45) is 5.92 Å². The van der Waals surface area contributed by atoms with Gasteiger partial charge in [-0.25, -0.2) is 0 Å². The number of carbonyl (C=O) groups is 2. The molecule has 0 bridgehead atoms. The number of amides is 1. The van der Waals surface area contributed by atoms with Gasteiger partial charge in [-0.2, -0.15) is 0 Å². The fourth-order valence-corrected chi connectivity index (χ4v) is 5.85. The summed E-state index contributed by atoms with van der Waals surface area (Å²) in [5.41, 5.74) is 3.78. The maximum absolute atomic E-state index is 12.1. The van der Waals surface area contributed by atoms with Crippen LogP contribution in [0.15, 0.2) is 61.2 Å². The maximum atomic E-state index is 12.1. The van der Waals surface area contributed by atoms with Gasteiger partial charge in [0.05, 0.1) is 18.8 Å². The van der Waals surface area contributed by atoms with Crippen molar-refractivity contribution in [3.05, 3.63) is 83.4 Å². The summed E-state index contributed by atoms with van der Waals surface area (Å²) in [6.45, 7) is 8.20. The van der Waals surface area contributed by atoms with Crippen LogP contribution in [0.1, 0.15) is 86.5 Å². The van der Waals surface area contributed by atoms with Gasteiger partial charge in [0.15, 0.2) is 6.29 Å². The Hall–Kier alpha value is -3.04. The summed E-state index contributed by atoms with van der Waals surface area (Å²) in [5.74, 6) is -0.948. The van der Waals surface area contributed by atoms with Crippen LogP contribution < -0.4 is 5.32 Å². The minimum atomic E-state index is -0.895. The number of benzene rings is 2. The highest BCUT2D eigenvalue weighted by Crippen LogP contribution is 2.42. The van der Waals surface area contributed by atoms with Crippen LogP contribution in [-0.4, -0.2) is 52.2 Å². The SMILES string of the molecule is C=CCN(C[C@@H]1O[C@H](c2ccc(CNC(=O)CCCC(=O)O)cc2)O[C@H](c2ccc(CO)cc2)[C@@H]1C)C1CCCC1. The van der Waals surface area contributed by atoms with E-state index in [4.69, 9.17) is 14.6 Å². The fraction of sp³-hybridized carbons (Fsp3) is 0.515. The molecule has 0 unspecified atom stereocenters. The van der Waals surface area contributed by atoms with Crippen LogP contribution in [0.25, 0.3) is 0 Å². The van der Waals surface area contributed by atoms with Gasteiger partial charge in [-0.1, -0.05) is 74.4 Å². The number of aliphatic carboxylic acids is 1. The van der Waals surface area contributed by atoms with E-state index in [1.165, 1.54) is 25.7 Å². The second-order valence-corrected chi connectivity index (χ2v) is 11.3. The number of carboxylic acids is 1. The monoisotopic (exact) mass is 564 g/mol. The summed E-state index contributed by atoms with van der Waals surface area (Å²) in [4.78, 5) is 25.2. The topological polar surface area (TPSA) is 108 Å². The molecule has 2 aliphatic rings. The number of hydrogen-bond acceptors (Lipinski definition) is 6. The lowest BCUT2D eigenvalue weighted by Crippen LogP contribution is -2.47. The molecule has 2 aromatic rings. The lowest BCUT2D eigenvalue weighted by Gasteiger charge is -2.43. The molecule has 1 amide bonds. The first kappa shape index (κ1) is 30.9. The number of hydrogen-bond donors (Lipinski definition) is 3. The Labute approximate surface area is 243 Å². The van der Waals surface area contributed by atoms with E-state index in [-0.39, 0.29) is 43.5 Å². The third-order valence-electron chi connectivity index (χ3n) is 8.28. The van der Waals surface area contributed by atoms with Crippen molar-refractivity contribution in [1.29, 1.82) is 0 Å². The minimum Gasteiger partial charge on any atom is -0.481 e. The summed E-state index contributed by atoms with van der Waals surface area (Å²) in [6, 6.07) is 16.4. The average Bonchev–Trinajstić information content (AvgIpc) is 3.52. The van der Waals surface area contributed by atoms with E-state index < -0.39 is 12.3 Å². The molecule has 0 aromatic heterocycles. The molecule has 8 heteroatoms. The van der Waals surface area contributed by atoms with Crippen molar-refractivity contribution in [2.45, 2.75) is 89.6 Å². The van der Waals surface area contributed by atoms with E-state index >= 15 is 0 Å². The van der Waals surface area contributed by atoms with Crippen LogP contribution >= 0.6 is 0 Å². The Morgan fingerprint density at radius 1 is 1.00 bits per heavy atom. The smallest absolute Gasteiger partial charge is 0.303 e. The summed E-state index contributed by atoms with van der Waals surface area (Å²) in [7, 11) is 0. The standard InChI is InChI=1S/C33H44N2O6/c1-3-19-35(28-7-4-5-8-28)21-29-23(2)32(26-15-13-25(22-36)14-16-26)41-33(40-29)27-17-11-24(12-18-27)20-34-30(37)9-6-10-31(38)39/h3,11-18,23,28-29,32-33,36H,1,4-10,19-22H2,2H3,(H,34,37)(H,38,39)/t23-,29+,32+,33+/m1/s1. The van der Waals surface area contributed by atoms with Gasteiger partial charge in [-0.15, -0.1) is 6.58 Å². The van der Waals surface area contributed by atoms with Gasteiger partial charge in [0.2, 0.25) is 5.91 Å². The molecule has 2 fully saturated rings. The number of aliphatic hydroxyl groups is 1. The van der Waals surface area contributed by atoms with Gasteiger partial charge < -0.3 is 25.0 Å². The van der Waals surface area contributed by atoms with E-state index in [9.17, 15) is 14.7 Å². The van der Waals surface area contributed by atoms with Crippen LogP contribution in [0.5, 0.6) is 0 Å². The molecule has 1 saturated heterocycles. The molecule has 3 N–H and O–H groups in total. The van der Waals surface area contributed by atoms with Gasteiger partial charge >= 0.3 is 5.97 Å². The van der Waals surface area contributed by atoms with Crippen LogP contribution in [0.2, 0.25) is 0 Å². The van der Waals surface area contributed by atoms with Crippen LogP contribution in [0.3, 0.4) is 0 Å². The molecule has 222 valence electrons. The van der Waals surface area contributed by atoms with Crippen LogP contribution in [-0.2, 0) is 32.2 Å². The summed E-state index contributed by atoms with van der Waals surface area (Å²) in [5, 5.41) is 21.1. The zero-order valence-corrected chi connectivity index (χ0v) is 24.0. The van der Waals surface area contributed by atoms with Gasteiger partial charge in [0.1, 0.15) is 0 Å². The Morgan fingerprint density at radius 3 is 2.29 bits per heavy atom. The zero-order chi connectivity index (χ0) is 29.2. The number of nitrogens with one attached hydrogen (secondary N) is 1. The van der Waals surface area contributed by atoms with Crippen molar-refractivity contribution in [3.8, 4) is 0 Å². The molecular formula is C33H44N2O6. The normalized spacial score (nSPS) is 23.0. The van der Waals surface area contributed by atoms with Crippen molar-refractivity contribution in [2.75, 3.05) is 13.1 Å². The number of ether oxygens (including phenoxy) is 2. The quantitative estimate of drug-likeness (QED) is 0.268. The second-order valence-electron chi connectivity index (χ2n) is 11.3. The second kappa shape index (κ2) is 15.3. The average molecular weight is 565 g/mol. The molecule has 4 atom stereocenters. The first-order valence-corrected chi connectivity index (χ1v) is 14.8. The Bertz CT molecular complexity index is 1130. The van der Waals surface area contributed by atoms with E-state index in [1.807, 2.05) is 54.6 Å². The summed E-state index contributed by atoms with van der Waals surface area (Å²) in [6.07, 6.45) is 6.65. The largest absolute Gasteiger partial charge is 0.481 e. The predicted octanol–water partition coefficient (Wildman–Crippen LogP) is 5.27. The number of rotatable bonds is 14. The lowest BCUT2D eigenvalue weighted by molar-refractivity contribution is -0.276. The third-order valence-corrected chi connectivity index (χ3v) is 8.28. The third kappa shape index (κ3) is 8.72. The van der Waals surface area contributed by atoms with Crippen LogP contribution in [0, 0.1) is 5.92 Å². The molecule has 0 spiro atoms. The highest BCUT2D eigenvalue weighted by molar-refractivity contribution is 5.76. The summed E-state index contributed by atoms with van der Waals surface area (Å²) < 4.78 is 13.3. The van der Waals surface area contributed by atoms with Crippen molar-refractivity contribution in [1.82, 2.24) is 10.2 Å². The van der Waals surface area contributed by atoms with Gasteiger partial charge in [-0.05, 0) is 36.0 Å². The van der Waals surface area contributed by atoms with Crippen molar-refractivity contribution < 1.29 is 29.3 Å². The molecular weight excluding hydrogens is 520 g/mol. The van der Waals surface area contributed by atoms with E-state index in [2.05, 4.69) is 23.7 Å². The molecule has 1 saturated carbocycles. The Morgan fingerprint density at radius 2 is 1.66 bits per heavy atom. The highest BCUT2D eigenvalue weighted by Gasteiger charge is 2.40. The zero-order valence-electron chi connectivity index (χ0n) is 24.0. The van der Waals surface area contributed by atoms with E-state index in [1.54, 1.807) is 0 Å². The molecule has 8 nitrogen and oxygen atoms in total. The lowest BCUT2D eigenvalue weighted by atomic mass is 9.89. The molecule has 1 aliphatic heterocycles. The summed E-state index contributed by atoms with van der Waals surface area (Å²) >= 11 is 0. The first-order valence-electron chi connectivity index (χ1n) is 14.8. The Kier molecular flexibility index (Phi) is 11.5. The van der Waals surface area contributed by atoms with Crippen LogP contribution in [0.4, 0.5) is 0 Å². The number of nitrogens with zero attached hydrogens (tertiary/aromatic N) is 1. The van der Waals surface area contributed by atoms with Crippen molar-refractivity contribution in [3.63, 3.8) is 0 Å². The Balaban J connectivity index is 1.47. The number of carbonyl (C=O) groups excluding carboxylic acids is 1. The van der Waals surface area contributed by atoms with Crippen molar-refractivity contribution >= 4 is 11.9 Å². The van der Waals surface area contributed by atoms with Gasteiger partial charge in [0, 0.05) is 50.0 Å². The molecule has 41 heavy (non-hydrogen) atoms. The molecule has 1 aliphatic carbocycles. The fourth-order valence-electron chi connectivity index (χ4n) is 5.85. The molecule has 4 rings (SSSR count). The van der Waals surface area contributed by atoms with Gasteiger partial charge in [-0.3, -0.25) is 14.5 Å². The molecule has 1 heterocycles. The maximum Gasteiger partial charge on any atom is 0.303 e. The van der Waals surface area contributed by atoms with E-state index in [0.717, 1.165) is 35.3 Å². The van der Waals surface area contributed by atoms with Gasteiger partial charge in [0.25, 0.3) is 0 Å². The predicted molar refractivity (Wildman–Crippen MR) is 157 cm³/mol. The number of carboxylic acid groups (broad SMARTS) is 1. The van der Waals surface area contributed by atoms with E-state index in [0.29, 0.717) is 19.0 Å². The minimum absolute atomic E-state index is 0.00274. The number of aliphatic hydroxyl groups excluding tert-OH is 1. The molecule has 2 aromatic carbocycles. The molecule has 0 radical (unpaired) electrons.